The molecule has 3 aromatic carbocycles. The number of hydrogen-bond donors (Lipinski definition) is 2. The molecule has 0 saturated heterocycles. The zero-order chi connectivity index (χ0) is 22.8. The molecule has 0 fully saturated rings. The molecule has 1 unspecified atom stereocenters. The fourth-order valence-corrected chi connectivity index (χ4v) is 4.43. The summed E-state index contributed by atoms with van der Waals surface area (Å²) in [5, 5.41) is 9.20. The molecule has 0 aliphatic rings. The summed E-state index contributed by atoms with van der Waals surface area (Å²) in [4.78, 5) is -0.0189. The van der Waals surface area contributed by atoms with E-state index < -0.39 is 27.8 Å². The molecule has 0 radical (unpaired) electrons. The zero-order valence-corrected chi connectivity index (χ0v) is 17.4. The number of aliphatic hydroxyl groups excluding tert-OH is 1. The molecule has 0 bridgehead atoms. The maximum absolute atomic E-state index is 13.2. The lowest BCUT2D eigenvalue weighted by Crippen LogP contribution is -2.21. The fraction of sp³-hybridized carbons (Fsp3) is 0.143. The Kier molecular flexibility index (Phi) is 6.61. The Hall–Kier alpha value is -2.59. The van der Waals surface area contributed by atoms with E-state index in [0.717, 1.165) is 18.2 Å². The Morgan fingerprint density at radius 2 is 1.68 bits per heavy atom. The SMILES string of the molecule is NC(O)Cc1cc(Oc2ccc(S(=O)(=O)c3ccccc3)cc2Cl)cc(C(F)(F)F)c1. The molecule has 0 heterocycles. The average molecular weight is 472 g/mol. The normalized spacial score (nSPS) is 13.1. The lowest BCUT2D eigenvalue weighted by atomic mass is 10.1. The van der Waals surface area contributed by atoms with Crippen molar-refractivity contribution in [2.24, 2.45) is 5.73 Å². The summed E-state index contributed by atoms with van der Waals surface area (Å²) in [6, 6.07) is 14.3. The van der Waals surface area contributed by atoms with Gasteiger partial charge in [-0.25, -0.2) is 8.42 Å². The molecule has 0 amide bonds. The van der Waals surface area contributed by atoms with Crippen LogP contribution in [-0.4, -0.2) is 19.8 Å². The summed E-state index contributed by atoms with van der Waals surface area (Å²) < 4.78 is 70.5. The van der Waals surface area contributed by atoms with Crippen molar-refractivity contribution in [2.75, 3.05) is 0 Å². The lowest BCUT2D eigenvalue weighted by Gasteiger charge is -2.15. The molecule has 3 N–H and O–H groups in total. The van der Waals surface area contributed by atoms with Gasteiger partial charge in [-0.2, -0.15) is 13.2 Å². The minimum atomic E-state index is -4.65. The van der Waals surface area contributed by atoms with Gasteiger partial charge in [-0.15, -0.1) is 0 Å². The number of aliphatic hydroxyl groups is 1. The van der Waals surface area contributed by atoms with Crippen LogP contribution in [0.1, 0.15) is 11.1 Å². The van der Waals surface area contributed by atoms with E-state index in [0.29, 0.717) is 0 Å². The zero-order valence-electron chi connectivity index (χ0n) is 15.8. The van der Waals surface area contributed by atoms with Gasteiger partial charge in [0.2, 0.25) is 9.84 Å². The topological polar surface area (TPSA) is 89.6 Å². The number of halogens is 4. The molecule has 0 aromatic heterocycles. The quantitative estimate of drug-likeness (QED) is 0.504. The van der Waals surface area contributed by atoms with Crippen molar-refractivity contribution < 1.29 is 31.4 Å². The summed E-state index contributed by atoms with van der Waals surface area (Å²) in [5.41, 5.74) is 4.40. The molecule has 0 spiro atoms. The fourth-order valence-electron chi connectivity index (χ4n) is 2.84. The van der Waals surface area contributed by atoms with Crippen LogP contribution < -0.4 is 10.5 Å². The van der Waals surface area contributed by atoms with Crippen LogP contribution in [0, 0.1) is 0 Å². The predicted molar refractivity (Wildman–Crippen MR) is 109 cm³/mol. The van der Waals surface area contributed by atoms with E-state index in [4.69, 9.17) is 22.1 Å². The summed E-state index contributed by atoms with van der Waals surface area (Å²) in [6.45, 7) is 0. The van der Waals surface area contributed by atoms with Gasteiger partial charge >= 0.3 is 6.18 Å². The minimum absolute atomic E-state index is 0.0350. The van der Waals surface area contributed by atoms with Gasteiger partial charge in [0, 0.05) is 6.42 Å². The Balaban J connectivity index is 1.95. The van der Waals surface area contributed by atoms with E-state index in [9.17, 15) is 26.7 Å². The van der Waals surface area contributed by atoms with Crippen molar-refractivity contribution in [3.05, 3.63) is 82.9 Å². The second-order valence-electron chi connectivity index (χ2n) is 6.65. The highest BCUT2D eigenvalue weighted by atomic mass is 35.5. The Bertz CT molecular complexity index is 1180. The van der Waals surface area contributed by atoms with Gasteiger partial charge in [-0.1, -0.05) is 29.8 Å². The maximum atomic E-state index is 13.2. The third-order valence-electron chi connectivity index (χ3n) is 4.23. The number of benzene rings is 3. The molecule has 164 valence electrons. The van der Waals surface area contributed by atoms with Crippen molar-refractivity contribution >= 4 is 21.4 Å². The third-order valence-corrected chi connectivity index (χ3v) is 6.30. The van der Waals surface area contributed by atoms with Gasteiger partial charge in [0.1, 0.15) is 17.7 Å². The Morgan fingerprint density at radius 3 is 2.26 bits per heavy atom. The first kappa shape index (κ1) is 23.1. The first-order chi connectivity index (χ1) is 14.5. The van der Waals surface area contributed by atoms with E-state index in [2.05, 4.69) is 0 Å². The maximum Gasteiger partial charge on any atom is 0.416 e. The van der Waals surface area contributed by atoms with Crippen molar-refractivity contribution in [3.63, 3.8) is 0 Å². The van der Waals surface area contributed by atoms with Gasteiger partial charge in [-0.05, 0) is 54.1 Å². The molecule has 3 rings (SSSR count). The summed E-state index contributed by atoms with van der Waals surface area (Å²) in [5.74, 6) is -0.224. The number of alkyl halides is 3. The highest BCUT2D eigenvalue weighted by molar-refractivity contribution is 7.91. The number of ether oxygens (including phenoxy) is 1. The molecule has 31 heavy (non-hydrogen) atoms. The van der Waals surface area contributed by atoms with Gasteiger partial charge in [-0.3, -0.25) is 0 Å². The minimum Gasteiger partial charge on any atom is -0.456 e. The van der Waals surface area contributed by atoms with E-state index >= 15 is 0 Å². The van der Waals surface area contributed by atoms with Crippen LogP contribution in [0.3, 0.4) is 0 Å². The highest BCUT2D eigenvalue weighted by Crippen LogP contribution is 2.37. The molecule has 1 atom stereocenters. The lowest BCUT2D eigenvalue weighted by molar-refractivity contribution is -0.137. The van der Waals surface area contributed by atoms with Crippen LogP contribution in [0.25, 0.3) is 0 Å². The van der Waals surface area contributed by atoms with E-state index in [1.165, 1.54) is 30.3 Å². The largest absolute Gasteiger partial charge is 0.456 e. The monoisotopic (exact) mass is 471 g/mol. The molecular weight excluding hydrogens is 455 g/mol. The number of nitrogens with two attached hydrogens (primary N) is 1. The average Bonchev–Trinajstić information content (AvgIpc) is 2.69. The smallest absolute Gasteiger partial charge is 0.416 e. The summed E-state index contributed by atoms with van der Waals surface area (Å²) >= 11 is 6.15. The van der Waals surface area contributed by atoms with Gasteiger partial charge in [0.25, 0.3) is 0 Å². The molecular formula is C21H17ClF3NO4S. The molecule has 0 saturated carbocycles. The van der Waals surface area contributed by atoms with Gasteiger partial charge in [0.05, 0.1) is 20.4 Å². The first-order valence-corrected chi connectivity index (χ1v) is 10.8. The summed E-state index contributed by atoms with van der Waals surface area (Å²) in [6.07, 6.45) is -6.21. The second-order valence-corrected chi connectivity index (χ2v) is 9.00. The van der Waals surface area contributed by atoms with Crippen LogP contribution in [-0.2, 0) is 22.4 Å². The Morgan fingerprint density at radius 1 is 1.00 bits per heavy atom. The van der Waals surface area contributed by atoms with Crippen LogP contribution in [0.4, 0.5) is 13.2 Å². The number of hydrogen-bond acceptors (Lipinski definition) is 5. The van der Waals surface area contributed by atoms with Crippen LogP contribution in [0.15, 0.2) is 76.5 Å². The molecule has 3 aromatic rings. The standard InChI is InChI=1S/C21H17ClF3NO4S/c22-18-12-17(31(28,29)16-4-2-1-3-5-16)6-7-19(18)30-15-9-13(10-20(26)27)8-14(11-15)21(23,24)25/h1-9,11-12,20,27H,10,26H2. The molecule has 0 aliphatic carbocycles. The first-order valence-electron chi connectivity index (χ1n) is 8.89. The van der Waals surface area contributed by atoms with E-state index in [1.807, 2.05) is 0 Å². The van der Waals surface area contributed by atoms with Crippen molar-refractivity contribution in [2.45, 2.75) is 28.6 Å². The number of sulfone groups is 1. The van der Waals surface area contributed by atoms with E-state index in [-0.39, 0.29) is 38.3 Å². The van der Waals surface area contributed by atoms with Crippen molar-refractivity contribution in [1.82, 2.24) is 0 Å². The number of rotatable bonds is 6. The third kappa shape index (κ3) is 5.56. The predicted octanol–water partition coefficient (Wildman–Crippen LogP) is 4.80. The highest BCUT2D eigenvalue weighted by Gasteiger charge is 2.31. The Labute approximate surface area is 181 Å². The van der Waals surface area contributed by atoms with Crippen LogP contribution in [0.5, 0.6) is 11.5 Å². The van der Waals surface area contributed by atoms with E-state index in [1.54, 1.807) is 18.2 Å². The molecule has 0 aliphatic heterocycles. The van der Waals surface area contributed by atoms with Gasteiger partial charge < -0.3 is 15.6 Å². The molecule has 5 nitrogen and oxygen atoms in total. The van der Waals surface area contributed by atoms with Crippen molar-refractivity contribution in [1.29, 1.82) is 0 Å². The van der Waals surface area contributed by atoms with Crippen molar-refractivity contribution in [3.8, 4) is 11.5 Å². The van der Waals surface area contributed by atoms with Crippen LogP contribution >= 0.6 is 11.6 Å². The molecule has 10 heteroatoms. The summed E-state index contributed by atoms with van der Waals surface area (Å²) in [7, 11) is -3.83. The van der Waals surface area contributed by atoms with Crippen LogP contribution in [0.2, 0.25) is 5.02 Å². The second kappa shape index (κ2) is 8.88. The van der Waals surface area contributed by atoms with Gasteiger partial charge in [0.15, 0.2) is 0 Å².